The monoisotopic (exact) mass is 341 g/mol. The lowest BCUT2D eigenvalue weighted by Crippen LogP contribution is -2.46. The van der Waals surface area contributed by atoms with Crippen LogP contribution in [-0.2, 0) is 16.4 Å². The van der Waals surface area contributed by atoms with Gasteiger partial charge in [-0.15, -0.1) is 0 Å². The Labute approximate surface area is 136 Å². The molecule has 0 saturated heterocycles. The van der Waals surface area contributed by atoms with Crippen LogP contribution >= 0.6 is 0 Å². The number of amides is 2. The summed E-state index contributed by atoms with van der Waals surface area (Å²) in [6.45, 7) is 4.10. The van der Waals surface area contributed by atoms with E-state index in [4.69, 9.17) is 0 Å². The third-order valence-electron chi connectivity index (χ3n) is 3.77. The van der Waals surface area contributed by atoms with E-state index in [1.165, 1.54) is 16.9 Å². The molecule has 7 nitrogen and oxygen atoms in total. The van der Waals surface area contributed by atoms with Crippen molar-refractivity contribution in [2.45, 2.75) is 45.3 Å². The average Bonchev–Trinajstić information content (AvgIpc) is 3.23. The molecule has 0 bridgehead atoms. The largest absolute Gasteiger partial charge is 0.322 e. The van der Waals surface area contributed by atoms with Crippen molar-refractivity contribution in [1.29, 1.82) is 0 Å². The van der Waals surface area contributed by atoms with Gasteiger partial charge in [-0.1, -0.05) is 0 Å². The molecule has 0 spiro atoms. The Morgan fingerprint density at radius 3 is 2.61 bits per heavy atom. The number of carbonyl (C=O) groups is 1. The third-order valence-corrected chi connectivity index (χ3v) is 4.86. The van der Waals surface area contributed by atoms with Crippen LogP contribution in [0.5, 0.6) is 0 Å². The van der Waals surface area contributed by atoms with Crippen LogP contribution in [0.3, 0.4) is 0 Å². The number of nitrogens with zero attached hydrogens (tertiary/aromatic N) is 2. The van der Waals surface area contributed by atoms with Gasteiger partial charge in [-0.2, -0.15) is 0 Å². The van der Waals surface area contributed by atoms with Gasteiger partial charge in [-0.3, -0.25) is 4.79 Å². The van der Waals surface area contributed by atoms with Crippen molar-refractivity contribution in [3.8, 4) is 0 Å². The lowest BCUT2D eigenvalue weighted by atomic mass is 10.3. The molecule has 23 heavy (non-hydrogen) atoms. The molecular formula is C15H23N3O4S. The first kappa shape index (κ1) is 17.5. The number of aromatic nitrogens is 1. The summed E-state index contributed by atoms with van der Waals surface area (Å²) < 4.78 is 24.5. The maximum absolute atomic E-state index is 12.5. The van der Waals surface area contributed by atoms with Gasteiger partial charge in [0, 0.05) is 37.1 Å². The van der Waals surface area contributed by atoms with Crippen LogP contribution in [0, 0.1) is 0 Å². The van der Waals surface area contributed by atoms with Crippen LogP contribution in [0.1, 0.15) is 26.7 Å². The molecule has 1 aliphatic carbocycles. The number of hydrogen-bond acceptors (Lipinski definition) is 4. The lowest BCUT2D eigenvalue weighted by Gasteiger charge is -2.29. The van der Waals surface area contributed by atoms with Crippen molar-refractivity contribution in [3.05, 3.63) is 28.7 Å². The first-order valence-corrected chi connectivity index (χ1v) is 9.75. The minimum atomic E-state index is -3.16. The van der Waals surface area contributed by atoms with Crippen LogP contribution in [0.15, 0.2) is 23.1 Å². The Bertz CT molecular complexity index is 737. The van der Waals surface area contributed by atoms with E-state index in [0.29, 0.717) is 12.2 Å². The van der Waals surface area contributed by atoms with E-state index in [-0.39, 0.29) is 23.4 Å². The van der Waals surface area contributed by atoms with Gasteiger partial charge >= 0.3 is 6.03 Å². The van der Waals surface area contributed by atoms with Crippen molar-refractivity contribution in [1.82, 2.24) is 9.47 Å². The average molecular weight is 341 g/mol. The summed E-state index contributed by atoms with van der Waals surface area (Å²) in [5.41, 5.74) is 0.392. The molecule has 1 aromatic rings. The molecule has 2 rings (SSSR count). The van der Waals surface area contributed by atoms with E-state index in [9.17, 15) is 18.0 Å². The smallest absolute Gasteiger partial charge is 0.318 e. The van der Waals surface area contributed by atoms with Crippen molar-refractivity contribution in [3.63, 3.8) is 0 Å². The molecule has 2 amide bonds. The van der Waals surface area contributed by atoms with Gasteiger partial charge in [0.1, 0.15) is 9.84 Å². The Kier molecular flexibility index (Phi) is 5.13. The second-order valence-corrected chi connectivity index (χ2v) is 8.24. The first-order valence-electron chi connectivity index (χ1n) is 7.69. The fourth-order valence-corrected chi connectivity index (χ4v) is 3.67. The number of aryl methyl sites for hydroxylation is 1. The normalized spacial score (nSPS) is 16.0. The molecule has 8 heteroatoms. The SMILES string of the molecule is CCn1cc(NC(=O)N(C2CC2)[C@H](C)CS(C)(=O)=O)ccc1=O. The predicted molar refractivity (Wildman–Crippen MR) is 89.4 cm³/mol. The molecule has 128 valence electrons. The van der Waals surface area contributed by atoms with Crippen molar-refractivity contribution < 1.29 is 13.2 Å². The van der Waals surface area contributed by atoms with E-state index >= 15 is 0 Å². The van der Waals surface area contributed by atoms with Crippen molar-refractivity contribution in [2.24, 2.45) is 0 Å². The molecule has 1 N–H and O–H groups in total. The highest BCUT2D eigenvalue weighted by atomic mass is 32.2. The maximum atomic E-state index is 12.5. The summed E-state index contributed by atoms with van der Waals surface area (Å²) in [5.74, 6) is -0.0641. The van der Waals surface area contributed by atoms with E-state index in [2.05, 4.69) is 5.32 Å². The zero-order chi connectivity index (χ0) is 17.2. The number of hydrogen-bond donors (Lipinski definition) is 1. The number of carbonyl (C=O) groups excluding carboxylic acids is 1. The van der Waals surface area contributed by atoms with E-state index in [0.717, 1.165) is 12.8 Å². The summed E-state index contributed by atoms with van der Waals surface area (Å²) in [6, 6.07) is 2.32. The summed E-state index contributed by atoms with van der Waals surface area (Å²) in [5, 5.41) is 2.76. The maximum Gasteiger partial charge on any atom is 0.322 e. The van der Waals surface area contributed by atoms with Crippen LogP contribution < -0.4 is 10.9 Å². The van der Waals surface area contributed by atoms with Gasteiger partial charge < -0.3 is 14.8 Å². The molecule has 0 aromatic carbocycles. The zero-order valence-electron chi connectivity index (χ0n) is 13.7. The predicted octanol–water partition coefficient (Wildman–Crippen LogP) is 1.30. The van der Waals surface area contributed by atoms with Gasteiger partial charge in [0.2, 0.25) is 0 Å². The number of urea groups is 1. The summed E-state index contributed by atoms with van der Waals surface area (Å²) in [7, 11) is -3.16. The molecule has 1 heterocycles. The molecule has 1 saturated carbocycles. The highest BCUT2D eigenvalue weighted by Crippen LogP contribution is 2.29. The van der Waals surface area contributed by atoms with Gasteiger partial charge in [0.25, 0.3) is 5.56 Å². The van der Waals surface area contributed by atoms with E-state index < -0.39 is 15.9 Å². The van der Waals surface area contributed by atoms with Gasteiger partial charge in [-0.05, 0) is 32.8 Å². The summed E-state index contributed by atoms with van der Waals surface area (Å²) >= 11 is 0. The molecule has 0 radical (unpaired) electrons. The molecule has 1 aromatic heterocycles. The molecule has 0 unspecified atom stereocenters. The number of rotatable bonds is 6. The summed E-state index contributed by atoms with van der Waals surface area (Å²) in [4.78, 5) is 25.7. The van der Waals surface area contributed by atoms with Crippen LogP contribution in [0.25, 0.3) is 0 Å². The minimum absolute atomic E-state index is 0.0641. The van der Waals surface area contributed by atoms with Crippen LogP contribution in [-0.4, -0.2) is 48.0 Å². The van der Waals surface area contributed by atoms with Gasteiger partial charge in [0.15, 0.2) is 0 Å². The number of sulfone groups is 1. The highest BCUT2D eigenvalue weighted by molar-refractivity contribution is 7.90. The van der Waals surface area contributed by atoms with Gasteiger partial charge in [-0.25, -0.2) is 13.2 Å². The van der Waals surface area contributed by atoms with Crippen molar-refractivity contribution in [2.75, 3.05) is 17.3 Å². The fraction of sp³-hybridized carbons (Fsp3) is 0.600. The molecule has 1 atom stereocenters. The Balaban J connectivity index is 2.14. The molecular weight excluding hydrogens is 318 g/mol. The number of nitrogens with one attached hydrogen (secondary N) is 1. The van der Waals surface area contributed by atoms with Crippen LogP contribution in [0.2, 0.25) is 0 Å². The lowest BCUT2D eigenvalue weighted by molar-refractivity contribution is 0.194. The fourth-order valence-electron chi connectivity index (χ4n) is 2.64. The van der Waals surface area contributed by atoms with Crippen molar-refractivity contribution >= 4 is 21.6 Å². The van der Waals surface area contributed by atoms with Gasteiger partial charge in [0.05, 0.1) is 11.4 Å². The van der Waals surface area contributed by atoms with E-state index in [1.807, 2.05) is 6.92 Å². The standard InChI is InChI=1S/C15H23N3O4S/c1-4-17-9-12(5-8-14(17)19)16-15(20)18(13-6-7-13)11(2)10-23(3,21)22/h5,8-9,11,13H,4,6-7,10H2,1-3H3,(H,16,20)/t11-/m1/s1. The second-order valence-electron chi connectivity index (χ2n) is 6.05. The molecule has 0 aliphatic heterocycles. The Morgan fingerprint density at radius 1 is 1.43 bits per heavy atom. The quantitative estimate of drug-likeness (QED) is 0.844. The topological polar surface area (TPSA) is 88.5 Å². The number of anilines is 1. The summed E-state index contributed by atoms with van der Waals surface area (Å²) in [6.07, 6.45) is 4.53. The molecule has 1 aliphatic rings. The number of pyridine rings is 1. The van der Waals surface area contributed by atoms with E-state index in [1.54, 1.807) is 24.1 Å². The Hall–Kier alpha value is -1.83. The Morgan fingerprint density at radius 2 is 2.09 bits per heavy atom. The molecule has 1 fully saturated rings. The zero-order valence-corrected chi connectivity index (χ0v) is 14.5. The third kappa shape index (κ3) is 4.82. The van der Waals surface area contributed by atoms with Crippen LogP contribution in [0.4, 0.5) is 10.5 Å². The highest BCUT2D eigenvalue weighted by Gasteiger charge is 2.36. The second kappa shape index (κ2) is 6.74. The minimum Gasteiger partial charge on any atom is -0.318 e. The first-order chi connectivity index (χ1) is 10.7.